The van der Waals surface area contributed by atoms with Gasteiger partial charge in [-0.25, -0.2) is 0 Å². The molecule has 2 heteroatoms. The maximum atomic E-state index is 5.19. The highest BCUT2D eigenvalue weighted by atomic mass is 16.7. The van der Waals surface area contributed by atoms with Crippen LogP contribution in [0.2, 0.25) is 0 Å². The minimum Gasteiger partial charge on any atom is -0.356 e. The quantitative estimate of drug-likeness (QED) is 0.509. The fourth-order valence-electron chi connectivity index (χ4n) is 0.900. The number of hydrogen-bond donors (Lipinski definition) is 0. The number of ether oxygens (including phenoxy) is 2. The lowest BCUT2D eigenvalue weighted by Gasteiger charge is -2.03. The summed E-state index contributed by atoms with van der Waals surface area (Å²) in [5.41, 5.74) is 0. The van der Waals surface area contributed by atoms with E-state index in [1.54, 1.807) is 7.11 Å². The third-order valence-electron chi connectivity index (χ3n) is 1.42. The van der Waals surface area contributed by atoms with E-state index < -0.39 is 0 Å². The van der Waals surface area contributed by atoms with Gasteiger partial charge in [0, 0.05) is 13.5 Å². The second kappa shape index (κ2) is 2.46. The Morgan fingerprint density at radius 3 is 2.62 bits per heavy atom. The van der Waals surface area contributed by atoms with Gasteiger partial charge in [-0.15, -0.1) is 0 Å². The van der Waals surface area contributed by atoms with Gasteiger partial charge in [0.05, 0.1) is 6.61 Å². The standard InChI is InChI=1S/C6H12O2/c1-5-3-6(7-2)8-4-5/h5-6H,3-4H2,1-2H3. The van der Waals surface area contributed by atoms with E-state index in [0.717, 1.165) is 13.0 Å². The Labute approximate surface area is 49.8 Å². The largest absolute Gasteiger partial charge is 0.356 e. The zero-order valence-corrected chi connectivity index (χ0v) is 5.39. The van der Waals surface area contributed by atoms with E-state index in [4.69, 9.17) is 9.47 Å². The topological polar surface area (TPSA) is 18.5 Å². The molecule has 2 nitrogen and oxygen atoms in total. The molecular formula is C6H12O2. The Morgan fingerprint density at radius 1 is 1.62 bits per heavy atom. The number of methoxy groups -OCH3 is 1. The monoisotopic (exact) mass is 116 g/mol. The van der Waals surface area contributed by atoms with Crippen LogP contribution in [0, 0.1) is 5.92 Å². The molecule has 1 rings (SSSR count). The van der Waals surface area contributed by atoms with Crippen molar-refractivity contribution >= 4 is 0 Å². The molecule has 8 heavy (non-hydrogen) atoms. The molecule has 2 atom stereocenters. The van der Waals surface area contributed by atoms with E-state index in [9.17, 15) is 0 Å². The van der Waals surface area contributed by atoms with Gasteiger partial charge in [-0.05, 0) is 5.92 Å². The number of rotatable bonds is 1. The van der Waals surface area contributed by atoms with Crippen LogP contribution in [0.1, 0.15) is 13.3 Å². The van der Waals surface area contributed by atoms with Gasteiger partial charge < -0.3 is 9.47 Å². The van der Waals surface area contributed by atoms with E-state index >= 15 is 0 Å². The third kappa shape index (κ3) is 1.20. The first-order valence-corrected chi connectivity index (χ1v) is 2.97. The van der Waals surface area contributed by atoms with Crippen molar-refractivity contribution in [2.24, 2.45) is 5.92 Å². The van der Waals surface area contributed by atoms with Crippen LogP contribution >= 0.6 is 0 Å². The SMILES string of the molecule is COC1CC(C)CO1. The first-order chi connectivity index (χ1) is 3.83. The molecule has 0 bridgehead atoms. The molecule has 0 N–H and O–H groups in total. The van der Waals surface area contributed by atoms with Crippen molar-refractivity contribution in [3.63, 3.8) is 0 Å². The molecule has 0 spiro atoms. The zero-order valence-electron chi connectivity index (χ0n) is 5.39. The minimum atomic E-state index is 0.0741. The highest BCUT2D eigenvalue weighted by Crippen LogP contribution is 2.18. The summed E-state index contributed by atoms with van der Waals surface area (Å²) in [6.07, 6.45) is 1.13. The molecule has 1 fully saturated rings. The summed E-state index contributed by atoms with van der Waals surface area (Å²) in [4.78, 5) is 0. The fourth-order valence-corrected chi connectivity index (χ4v) is 0.900. The second-order valence-electron chi connectivity index (χ2n) is 2.34. The molecule has 0 amide bonds. The van der Waals surface area contributed by atoms with Crippen LogP contribution < -0.4 is 0 Å². The molecule has 0 aromatic carbocycles. The molecule has 1 heterocycles. The van der Waals surface area contributed by atoms with E-state index in [1.165, 1.54) is 0 Å². The Balaban J connectivity index is 2.22. The smallest absolute Gasteiger partial charge is 0.157 e. The van der Waals surface area contributed by atoms with Gasteiger partial charge in [0.2, 0.25) is 0 Å². The van der Waals surface area contributed by atoms with E-state index in [1.807, 2.05) is 0 Å². The average molecular weight is 116 g/mol. The van der Waals surface area contributed by atoms with Crippen molar-refractivity contribution in [3.05, 3.63) is 0 Å². The number of hydrogen-bond acceptors (Lipinski definition) is 2. The zero-order chi connectivity index (χ0) is 5.98. The summed E-state index contributed by atoms with van der Waals surface area (Å²) in [5.74, 6) is 0.681. The van der Waals surface area contributed by atoms with Crippen LogP contribution in [0.15, 0.2) is 0 Å². The van der Waals surface area contributed by atoms with E-state index in [0.29, 0.717) is 5.92 Å². The van der Waals surface area contributed by atoms with Gasteiger partial charge in [0.15, 0.2) is 6.29 Å². The Bertz CT molecular complexity index is 72.9. The molecule has 0 aliphatic carbocycles. The lowest BCUT2D eigenvalue weighted by molar-refractivity contribution is -0.0881. The van der Waals surface area contributed by atoms with Crippen molar-refractivity contribution in [3.8, 4) is 0 Å². The molecule has 0 aromatic rings. The first-order valence-electron chi connectivity index (χ1n) is 2.97. The average Bonchev–Trinajstić information content (AvgIpc) is 2.14. The maximum absolute atomic E-state index is 5.19. The molecule has 1 aliphatic heterocycles. The molecule has 0 radical (unpaired) electrons. The van der Waals surface area contributed by atoms with Crippen LogP contribution in [0.3, 0.4) is 0 Å². The van der Waals surface area contributed by atoms with Gasteiger partial charge in [-0.2, -0.15) is 0 Å². The molecular weight excluding hydrogens is 104 g/mol. The van der Waals surface area contributed by atoms with E-state index in [-0.39, 0.29) is 6.29 Å². The van der Waals surface area contributed by atoms with Crippen molar-refractivity contribution in [1.29, 1.82) is 0 Å². The maximum Gasteiger partial charge on any atom is 0.157 e. The van der Waals surface area contributed by atoms with Crippen molar-refractivity contribution in [2.45, 2.75) is 19.6 Å². The summed E-state index contributed by atoms with van der Waals surface area (Å²) in [6, 6.07) is 0. The third-order valence-corrected chi connectivity index (χ3v) is 1.42. The summed E-state index contributed by atoms with van der Waals surface area (Å²) >= 11 is 0. The summed E-state index contributed by atoms with van der Waals surface area (Å²) < 4.78 is 10.2. The van der Waals surface area contributed by atoms with Crippen molar-refractivity contribution in [2.75, 3.05) is 13.7 Å². The summed E-state index contributed by atoms with van der Waals surface area (Å²) in [7, 11) is 1.68. The first kappa shape index (κ1) is 6.05. The van der Waals surface area contributed by atoms with E-state index in [2.05, 4.69) is 6.92 Å². The second-order valence-corrected chi connectivity index (χ2v) is 2.34. The summed E-state index contributed by atoms with van der Waals surface area (Å²) in [5, 5.41) is 0. The Hall–Kier alpha value is -0.0800. The molecule has 1 aliphatic rings. The Kier molecular flexibility index (Phi) is 1.86. The molecule has 0 saturated carbocycles. The normalized spacial score (nSPS) is 38.2. The molecule has 2 unspecified atom stereocenters. The van der Waals surface area contributed by atoms with Gasteiger partial charge in [-0.3, -0.25) is 0 Å². The predicted molar refractivity (Wildman–Crippen MR) is 30.5 cm³/mol. The van der Waals surface area contributed by atoms with Gasteiger partial charge in [-0.1, -0.05) is 6.92 Å². The minimum absolute atomic E-state index is 0.0741. The van der Waals surface area contributed by atoms with Crippen molar-refractivity contribution in [1.82, 2.24) is 0 Å². The van der Waals surface area contributed by atoms with Gasteiger partial charge in [0.25, 0.3) is 0 Å². The highest BCUT2D eigenvalue weighted by molar-refractivity contribution is 4.61. The predicted octanol–water partition coefficient (Wildman–Crippen LogP) is 1.02. The van der Waals surface area contributed by atoms with Gasteiger partial charge >= 0.3 is 0 Å². The van der Waals surface area contributed by atoms with Gasteiger partial charge in [0.1, 0.15) is 0 Å². The van der Waals surface area contributed by atoms with Crippen LogP contribution in [-0.4, -0.2) is 20.0 Å². The van der Waals surface area contributed by atoms with Crippen molar-refractivity contribution < 1.29 is 9.47 Å². The lowest BCUT2D eigenvalue weighted by atomic mass is 10.1. The summed E-state index contributed by atoms with van der Waals surface area (Å²) in [6.45, 7) is 3.03. The lowest BCUT2D eigenvalue weighted by Crippen LogP contribution is -2.06. The van der Waals surface area contributed by atoms with Crippen LogP contribution in [0.4, 0.5) is 0 Å². The van der Waals surface area contributed by atoms with Crippen LogP contribution in [0.25, 0.3) is 0 Å². The van der Waals surface area contributed by atoms with Crippen LogP contribution in [-0.2, 0) is 9.47 Å². The highest BCUT2D eigenvalue weighted by Gasteiger charge is 2.20. The Morgan fingerprint density at radius 2 is 2.38 bits per heavy atom. The molecule has 48 valence electrons. The van der Waals surface area contributed by atoms with Crippen LogP contribution in [0.5, 0.6) is 0 Å². The fraction of sp³-hybridized carbons (Fsp3) is 1.00. The molecule has 0 aromatic heterocycles. The molecule has 1 saturated heterocycles.